The lowest BCUT2D eigenvalue weighted by molar-refractivity contribution is 0.0589. The topological polar surface area (TPSA) is 87.8 Å². The van der Waals surface area contributed by atoms with Crippen LogP contribution in [0.3, 0.4) is 0 Å². The first-order valence-electron chi connectivity index (χ1n) is 8.38. The number of benzene rings is 1. The van der Waals surface area contributed by atoms with Crippen LogP contribution in [0.2, 0.25) is 0 Å². The van der Waals surface area contributed by atoms with Crippen molar-refractivity contribution in [3.05, 3.63) is 47.3 Å². The molecule has 0 aliphatic carbocycles. The van der Waals surface area contributed by atoms with Gasteiger partial charge in [-0.15, -0.1) is 0 Å². The van der Waals surface area contributed by atoms with E-state index < -0.39 is 5.97 Å². The average molecular weight is 358 g/mol. The highest BCUT2D eigenvalue weighted by Crippen LogP contribution is 2.16. The molecule has 1 aromatic carbocycles. The maximum Gasteiger partial charge on any atom is 0.356 e. The monoisotopic (exact) mass is 358 g/mol. The second-order valence-corrected chi connectivity index (χ2v) is 6.06. The molecule has 1 aliphatic rings. The number of nitrogens with one attached hydrogen (secondary N) is 1. The highest BCUT2D eigenvalue weighted by molar-refractivity contribution is 5.94. The summed E-state index contributed by atoms with van der Waals surface area (Å²) in [6.07, 6.45) is 1.64. The standard InChI is InChI=1S/C18H22N4O4/c1-25-15-5-3-13(4-6-15)17(23)22-9-7-21(8-10-22)12-14-11-19-20-16(14)18(24)26-2/h3-6,11H,7-10,12H2,1-2H3,(H,19,20). The van der Waals surface area contributed by atoms with Gasteiger partial charge in [-0.25, -0.2) is 4.79 Å². The summed E-state index contributed by atoms with van der Waals surface area (Å²) in [6, 6.07) is 7.14. The molecule has 0 spiro atoms. The summed E-state index contributed by atoms with van der Waals surface area (Å²) in [6.45, 7) is 3.32. The zero-order chi connectivity index (χ0) is 18.5. The fourth-order valence-electron chi connectivity index (χ4n) is 2.98. The SMILES string of the molecule is COC(=O)c1[nH]ncc1CN1CCN(C(=O)c2ccc(OC)cc2)CC1. The quantitative estimate of drug-likeness (QED) is 0.807. The summed E-state index contributed by atoms with van der Waals surface area (Å²) in [4.78, 5) is 28.3. The predicted molar refractivity (Wildman–Crippen MR) is 94.1 cm³/mol. The maximum atomic E-state index is 12.6. The number of nitrogens with zero attached hydrogens (tertiary/aromatic N) is 3. The summed E-state index contributed by atoms with van der Waals surface area (Å²) in [7, 11) is 2.94. The Morgan fingerprint density at radius 3 is 2.42 bits per heavy atom. The Morgan fingerprint density at radius 1 is 1.12 bits per heavy atom. The molecule has 0 bridgehead atoms. The van der Waals surface area contributed by atoms with E-state index in [1.807, 2.05) is 4.90 Å². The molecule has 26 heavy (non-hydrogen) atoms. The van der Waals surface area contributed by atoms with Gasteiger partial charge in [-0.1, -0.05) is 0 Å². The van der Waals surface area contributed by atoms with E-state index in [0.29, 0.717) is 30.9 Å². The van der Waals surface area contributed by atoms with Gasteiger partial charge >= 0.3 is 5.97 Å². The molecule has 2 aromatic rings. The van der Waals surface area contributed by atoms with Gasteiger partial charge in [0.2, 0.25) is 0 Å². The minimum Gasteiger partial charge on any atom is -0.497 e. The van der Waals surface area contributed by atoms with Crippen molar-refractivity contribution in [2.24, 2.45) is 0 Å². The molecule has 0 unspecified atom stereocenters. The van der Waals surface area contributed by atoms with E-state index in [1.54, 1.807) is 37.6 Å². The summed E-state index contributed by atoms with van der Waals surface area (Å²) in [5.41, 5.74) is 1.83. The number of esters is 1. The van der Waals surface area contributed by atoms with Gasteiger partial charge in [-0.2, -0.15) is 5.10 Å². The van der Waals surface area contributed by atoms with Gasteiger partial charge in [0.05, 0.1) is 20.4 Å². The average Bonchev–Trinajstić information content (AvgIpc) is 3.15. The van der Waals surface area contributed by atoms with Crippen molar-refractivity contribution in [3.8, 4) is 5.75 Å². The lowest BCUT2D eigenvalue weighted by Crippen LogP contribution is -2.48. The van der Waals surface area contributed by atoms with Crippen LogP contribution >= 0.6 is 0 Å². The molecule has 8 heteroatoms. The van der Waals surface area contributed by atoms with Crippen molar-refractivity contribution in [2.75, 3.05) is 40.4 Å². The van der Waals surface area contributed by atoms with E-state index in [1.165, 1.54) is 7.11 Å². The Morgan fingerprint density at radius 2 is 1.81 bits per heavy atom. The van der Waals surface area contributed by atoms with Crippen LogP contribution in [0, 0.1) is 0 Å². The van der Waals surface area contributed by atoms with Gasteiger partial charge in [-0.3, -0.25) is 14.8 Å². The molecule has 138 valence electrons. The molecule has 1 amide bonds. The minimum atomic E-state index is -0.425. The van der Waals surface area contributed by atoms with Gasteiger partial charge in [-0.05, 0) is 24.3 Å². The van der Waals surface area contributed by atoms with Crippen molar-refractivity contribution < 1.29 is 19.1 Å². The van der Waals surface area contributed by atoms with Crippen LogP contribution in [0.25, 0.3) is 0 Å². The number of aromatic nitrogens is 2. The van der Waals surface area contributed by atoms with Crippen molar-refractivity contribution >= 4 is 11.9 Å². The number of aromatic amines is 1. The number of carbonyl (C=O) groups is 2. The smallest absolute Gasteiger partial charge is 0.356 e. The Hall–Kier alpha value is -2.87. The van der Waals surface area contributed by atoms with Crippen LogP contribution < -0.4 is 4.74 Å². The van der Waals surface area contributed by atoms with E-state index >= 15 is 0 Å². The number of H-pyrrole nitrogens is 1. The third-order valence-electron chi connectivity index (χ3n) is 4.50. The molecule has 3 rings (SSSR count). The molecule has 1 aromatic heterocycles. The van der Waals surface area contributed by atoms with Crippen LogP contribution in [-0.2, 0) is 11.3 Å². The third-order valence-corrected chi connectivity index (χ3v) is 4.50. The molecule has 0 radical (unpaired) electrons. The predicted octanol–water partition coefficient (Wildman–Crippen LogP) is 1.16. The molecule has 1 fully saturated rings. The van der Waals surface area contributed by atoms with E-state index in [2.05, 4.69) is 15.1 Å². The van der Waals surface area contributed by atoms with Crippen LogP contribution in [0.1, 0.15) is 26.4 Å². The maximum absolute atomic E-state index is 12.6. The third kappa shape index (κ3) is 3.85. The zero-order valence-electron chi connectivity index (χ0n) is 14.9. The number of piperazine rings is 1. The number of ether oxygens (including phenoxy) is 2. The van der Waals surface area contributed by atoms with Crippen LogP contribution in [0.5, 0.6) is 5.75 Å². The van der Waals surface area contributed by atoms with Crippen molar-refractivity contribution in [2.45, 2.75) is 6.54 Å². The molecule has 0 saturated carbocycles. The summed E-state index contributed by atoms with van der Waals surface area (Å²) in [5, 5.41) is 6.60. The molecule has 1 aliphatic heterocycles. The summed E-state index contributed by atoms with van der Waals surface area (Å²) < 4.78 is 9.87. The normalized spacial score (nSPS) is 14.9. The fourth-order valence-corrected chi connectivity index (χ4v) is 2.98. The first-order valence-corrected chi connectivity index (χ1v) is 8.38. The Balaban J connectivity index is 1.56. The molecule has 1 saturated heterocycles. The lowest BCUT2D eigenvalue weighted by Gasteiger charge is -2.34. The summed E-state index contributed by atoms with van der Waals surface area (Å²) in [5.74, 6) is 0.324. The van der Waals surface area contributed by atoms with Crippen molar-refractivity contribution in [3.63, 3.8) is 0 Å². The van der Waals surface area contributed by atoms with Crippen molar-refractivity contribution in [1.29, 1.82) is 0 Å². The van der Waals surface area contributed by atoms with E-state index in [9.17, 15) is 9.59 Å². The van der Waals surface area contributed by atoms with E-state index in [-0.39, 0.29) is 5.91 Å². The molecule has 2 heterocycles. The number of carbonyl (C=O) groups excluding carboxylic acids is 2. The van der Waals surface area contributed by atoms with E-state index in [0.717, 1.165) is 24.4 Å². The molecular weight excluding hydrogens is 336 g/mol. The highest BCUT2D eigenvalue weighted by Gasteiger charge is 2.24. The number of hydrogen-bond acceptors (Lipinski definition) is 6. The highest BCUT2D eigenvalue weighted by atomic mass is 16.5. The fraction of sp³-hybridized carbons (Fsp3) is 0.389. The van der Waals surface area contributed by atoms with Gasteiger partial charge < -0.3 is 14.4 Å². The second-order valence-electron chi connectivity index (χ2n) is 6.06. The number of hydrogen-bond donors (Lipinski definition) is 1. The minimum absolute atomic E-state index is 0.0193. The number of methoxy groups -OCH3 is 2. The molecule has 8 nitrogen and oxygen atoms in total. The van der Waals surface area contributed by atoms with Crippen LogP contribution in [-0.4, -0.2) is 72.3 Å². The molecule has 1 N–H and O–H groups in total. The Labute approximate surface area is 151 Å². The van der Waals surface area contributed by atoms with E-state index in [4.69, 9.17) is 9.47 Å². The van der Waals surface area contributed by atoms with Crippen LogP contribution in [0.4, 0.5) is 0 Å². The number of amides is 1. The van der Waals surface area contributed by atoms with Crippen molar-refractivity contribution in [1.82, 2.24) is 20.0 Å². The van der Waals surface area contributed by atoms with Gasteiger partial charge in [0.25, 0.3) is 5.91 Å². The molecule has 0 atom stereocenters. The largest absolute Gasteiger partial charge is 0.497 e. The number of rotatable bonds is 5. The zero-order valence-corrected chi connectivity index (χ0v) is 14.9. The Kier molecular flexibility index (Phi) is 5.52. The lowest BCUT2D eigenvalue weighted by atomic mass is 10.1. The van der Waals surface area contributed by atoms with Crippen LogP contribution in [0.15, 0.2) is 30.5 Å². The van der Waals surface area contributed by atoms with Gasteiger partial charge in [0.15, 0.2) is 0 Å². The summed E-state index contributed by atoms with van der Waals surface area (Å²) >= 11 is 0. The first-order chi connectivity index (χ1) is 12.6. The Bertz CT molecular complexity index is 764. The molecular formula is C18H22N4O4. The first kappa shape index (κ1) is 17.9. The van der Waals surface area contributed by atoms with Gasteiger partial charge in [0, 0.05) is 43.9 Å². The second kappa shape index (κ2) is 8.01. The van der Waals surface area contributed by atoms with Gasteiger partial charge in [0.1, 0.15) is 11.4 Å².